The van der Waals surface area contributed by atoms with Crippen molar-refractivity contribution in [3.63, 3.8) is 0 Å². The van der Waals surface area contributed by atoms with Gasteiger partial charge in [0.2, 0.25) is 0 Å². The number of pyridine rings is 1. The Morgan fingerprint density at radius 3 is 2.64 bits per heavy atom. The highest BCUT2D eigenvalue weighted by Crippen LogP contribution is 2.31. The van der Waals surface area contributed by atoms with Crippen LogP contribution in [0.3, 0.4) is 0 Å². The molecule has 0 spiro atoms. The number of hydrogen-bond acceptors (Lipinski definition) is 5. The third kappa shape index (κ3) is 4.37. The lowest BCUT2D eigenvalue weighted by molar-refractivity contribution is -0.141. The molecule has 3 rings (SSSR count). The molecule has 0 saturated carbocycles. The molecule has 0 atom stereocenters. The number of rotatable bonds is 6. The quantitative estimate of drug-likeness (QED) is 0.630. The van der Waals surface area contributed by atoms with Gasteiger partial charge in [0.25, 0.3) is 0 Å². The molecule has 3 aromatic rings. The Morgan fingerprint density at radius 2 is 2.04 bits per heavy atom. The molecule has 148 valence electrons. The Hall–Kier alpha value is -2.79. The average molecular weight is 413 g/mol. The summed E-state index contributed by atoms with van der Waals surface area (Å²) in [6.45, 7) is 0.172. The first-order valence-electron chi connectivity index (χ1n) is 8.04. The van der Waals surface area contributed by atoms with Crippen molar-refractivity contribution in [2.24, 2.45) is 5.73 Å². The van der Waals surface area contributed by atoms with Crippen molar-refractivity contribution < 1.29 is 17.6 Å². The maximum absolute atomic E-state index is 12.6. The predicted octanol–water partition coefficient (Wildman–Crippen LogP) is 3.05. The van der Waals surface area contributed by atoms with Crippen LogP contribution in [-0.2, 0) is 19.3 Å². The highest BCUT2D eigenvalue weighted by atomic mass is 32.1. The third-order valence-corrected chi connectivity index (χ3v) is 5.01. The highest BCUT2D eigenvalue weighted by Gasteiger charge is 2.32. The predicted molar refractivity (Wildman–Crippen MR) is 96.4 cm³/mol. The standard InChI is InChI=1S/C17H15F4N5OS/c18-5-11(6-22)8-26-16(27)25(10-24-26)9-13-2-3-14(28-13)12-1-4-15(23-7-12)17(19,20)21/h1-5,7,10H,6,8-9,22H2/b11-5-. The van der Waals surface area contributed by atoms with Crippen LogP contribution in [0, 0.1) is 0 Å². The molecule has 2 N–H and O–H groups in total. The minimum Gasteiger partial charge on any atom is -0.327 e. The Labute approximate surface area is 160 Å². The number of halogens is 4. The van der Waals surface area contributed by atoms with E-state index in [4.69, 9.17) is 5.73 Å². The van der Waals surface area contributed by atoms with Gasteiger partial charge in [0, 0.05) is 28.1 Å². The summed E-state index contributed by atoms with van der Waals surface area (Å²) in [5.41, 5.74) is 4.79. The van der Waals surface area contributed by atoms with E-state index in [-0.39, 0.29) is 25.2 Å². The van der Waals surface area contributed by atoms with Gasteiger partial charge in [0.15, 0.2) is 0 Å². The first-order chi connectivity index (χ1) is 13.3. The molecule has 0 aliphatic heterocycles. The topological polar surface area (TPSA) is 78.7 Å². The molecule has 0 bridgehead atoms. The fourth-order valence-corrected chi connectivity index (χ4v) is 3.41. The van der Waals surface area contributed by atoms with E-state index < -0.39 is 17.6 Å². The van der Waals surface area contributed by atoms with Gasteiger partial charge in [-0.2, -0.15) is 18.3 Å². The molecule has 0 aromatic carbocycles. The Bertz CT molecular complexity index is 1030. The second kappa shape index (κ2) is 8.07. The fraction of sp³-hybridized carbons (Fsp3) is 0.235. The van der Waals surface area contributed by atoms with E-state index in [1.165, 1.54) is 34.5 Å². The second-order valence-corrected chi connectivity index (χ2v) is 7.03. The van der Waals surface area contributed by atoms with Crippen molar-refractivity contribution >= 4 is 11.3 Å². The zero-order valence-corrected chi connectivity index (χ0v) is 15.2. The monoisotopic (exact) mass is 413 g/mol. The van der Waals surface area contributed by atoms with Gasteiger partial charge in [-0.15, -0.1) is 11.3 Å². The average Bonchev–Trinajstić information content (AvgIpc) is 3.27. The number of hydrogen-bond donors (Lipinski definition) is 1. The molecule has 11 heteroatoms. The zero-order valence-electron chi connectivity index (χ0n) is 14.4. The second-order valence-electron chi connectivity index (χ2n) is 5.87. The smallest absolute Gasteiger partial charge is 0.327 e. The first-order valence-corrected chi connectivity index (χ1v) is 8.86. The van der Waals surface area contributed by atoms with Gasteiger partial charge in [-0.05, 0) is 29.8 Å². The summed E-state index contributed by atoms with van der Waals surface area (Å²) < 4.78 is 52.9. The van der Waals surface area contributed by atoms with Gasteiger partial charge in [0.05, 0.1) is 19.4 Å². The van der Waals surface area contributed by atoms with Crippen molar-refractivity contribution in [1.29, 1.82) is 0 Å². The van der Waals surface area contributed by atoms with Gasteiger partial charge in [-0.3, -0.25) is 9.55 Å². The summed E-state index contributed by atoms with van der Waals surface area (Å²) in [4.78, 5) is 17.3. The van der Waals surface area contributed by atoms with Gasteiger partial charge in [-0.25, -0.2) is 13.9 Å². The summed E-state index contributed by atoms with van der Waals surface area (Å²) in [6, 6.07) is 5.80. The van der Waals surface area contributed by atoms with Crippen molar-refractivity contribution in [2.75, 3.05) is 6.54 Å². The molecular weight excluding hydrogens is 398 g/mol. The maximum Gasteiger partial charge on any atom is 0.433 e. The number of alkyl halides is 3. The molecule has 0 unspecified atom stereocenters. The number of aromatic nitrogens is 4. The van der Waals surface area contributed by atoms with Crippen molar-refractivity contribution in [3.05, 3.63) is 69.7 Å². The molecule has 3 aromatic heterocycles. The summed E-state index contributed by atoms with van der Waals surface area (Å²) in [7, 11) is 0. The van der Waals surface area contributed by atoms with E-state index in [2.05, 4.69) is 10.1 Å². The minimum absolute atomic E-state index is 0.0226. The van der Waals surface area contributed by atoms with Crippen LogP contribution in [0.25, 0.3) is 10.4 Å². The summed E-state index contributed by atoms with van der Waals surface area (Å²) in [5, 5.41) is 3.94. The summed E-state index contributed by atoms with van der Waals surface area (Å²) in [6.07, 6.45) is -1.62. The van der Waals surface area contributed by atoms with Crippen LogP contribution < -0.4 is 11.4 Å². The zero-order chi connectivity index (χ0) is 20.3. The van der Waals surface area contributed by atoms with Crippen LogP contribution in [0.2, 0.25) is 0 Å². The molecule has 0 aliphatic carbocycles. The molecule has 0 amide bonds. The highest BCUT2D eigenvalue weighted by molar-refractivity contribution is 7.15. The summed E-state index contributed by atoms with van der Waals surface area (Å²) in [5.74, 6) is 0. The van der Waals surface area contributed by atoms with E-state index in [0.29, 0.717) is 11.9 Å². The molecule has 0 radical (unpaired) electrons. The van der Waals surface area contributed by atoms with Crippen LogP contribution in [0.5, 0.6) is 0 Å². The Balaban J connectivity index is 1.75. The van der Waals surface area contributed by atoms with Crippen LogP contribution >= 0.6 is 11.3 Å². The van der Waals surface area contributed by atoms with Crippen molar-refractivity contribution in [3.8, 4) is 10.4 Å². The van der Waals surface area contributed by atoms with E-state index in [1.807, 2.05) is 0 Å². The molecule has 28 heavy (non-hydrogen) atoms. The lowest BCUT2D eigenvalue weighted by Gasteiger charge is -2.05. The molecular formula is C17H15F4N5OS. The van der Waals surface area contributed by atoms with Crippen LogP contribution in [-0.4, -0.2) is 25.9 Å². The maximum atomic E-state index is 12.6. The number of thiophene rings is 1. The molecule has 0 aliphatic rings. The molecule has 3 heterocycles. The number of nitrogens with two attached hydrogens (primary N) is 1. The Morgan fingerprint density at radius 1 is 1.25 bits per heavy atom. The molecule has 0 saturated heterocycles. The van der Waals surface area contributed by atoms with Gasteiger partial charge in [0.1, 0.15) is 12.0 Å². The SMILES string of the molecule is NC/C(=C/F)Cn1ncn(Cc2ccc(-c3ccc(C(F)(F)F)nc3)s2)c1=O. The lowest BCUT2D eigenvalue weighted by atomic mass is 10.2. The first kappa shape index (κ1) is 20.0. The van der Waals surface area contributed by atoms with Crippen molar-refractivity contribution in [2.45, 2.75) is 19.3 Å². The molecule has 6 nitrogen and oxygen atoms in total. The lowest BCUT2D eigenvalue weighted by Crippen LogP contribution is -2.26. The van der Waals surface area contributed by atoms with Crippen LogP contribution in [0.15, 0.2) is 53.5 Å². The van der Waals surface area contributed by atoms with Gasteiger partial charge in [-0.1, -0.05) is 0 Å². The summed E-state index contributed by atoms with van der Waals surface area (Å²) >= 11 is 1.33. The largest absolute Gasteiger partial charge is 0.433 e. The normalized spacial score (nSPS) is 12.5. The Kier molecular flexibility index (Phi) is 5.75. The van der Waals surface area contributed by atoms with E-state index in [1.54, 1.807) is 12.1 Å². The van der Waals surface area contributed by atoms with Crippen LogP contribution in [0.1, 0.15) is 10.6 Å². The van der Waals surface area contributed by atoms with E-state index in [0.717, 1.165) is 20.5 Å². The minimum atomic E-state index is -4.48. The third-order valence-electron chi connectivity index (χ3n) is 3.89. The van der Waals surface area contributed by atoms with Crippen LogP contribution in [0.4, 0.5) is 17.6 Å². The molecule has 0 fully saturated rings. The van der Waals surface area contributed by atoms with Gasteiger partial charge >= 0.3 is 11.9 Å². The van der Waals surface area contributed by atoms with Gasteiger partial charge < -0.3 is 5.73 Å². The van der Waals surface area contributed by atoms with E-state index in [9.17, 15) is 22.4 Å². The van der Waals surface area contributed by atoms with E-state index >= 15 is 0 Å². The number of nitrogens with zero attached hydrogens (tertiary/aromatic N) is 4. The fourth-order valence-electron chi connectivity index (χ4n) is 2.42. The van der Waals surface area contributed by atoms with Crippen molar-refractivity contribution in [1.82, 2.24) is 19.3 Å².